The second-order valence-electron chi connectivity index (χ2n) is 6.23. The zero-order valence-corrected chi connectivity index (χ0v) is 15.2. The van der Waals surface area contributed by atoms with Gasteiger partial charge in [-0.15, -0.1) is 0 Å². The van der Waals surface area contributed by atoms with Gasteiger partial charge in [-0.3, -0.25) is 14.3 Å². The number of amides is 2. The molecule has 0 saturated heterocycles. The van der Waals surface area contributed by atoms with Gasteiger partial charge in [0.25, 0.3) is 5.91 Å². The quantitative estimate of drug-likeness (QED) is 0.738. The third kappa shape index (κ3) is 4.20. The number of hydrogen-bond acceptors (Lipinski definition) is 3. The van der Waals surface area contributed by atoms with E-state index in [0.717, 1.165) is 5.56 Å². The zero-order chi connectivity index (χ0) is 19.6. The Balaban J connectivity index is 1.80. The Morgan fingerprint density at radius 2 is 1.63 bits per heavy atom. The van der Waals surface area contributed by atoms with Gasteiger partial charge < -0.3 is 10.6 Å². The summed E-state index contributed by atoms with van der Waals surface area (Å²) in [5.41, 5.74) is 3.20. The van der Waals surface area contributed by atoms with E-state index in [0.29, 0.717) is 22.6 Å². The Morgan fingerprint density at radius 3 is 2.26 bits per heavy atom. The predicted octanol–water partition coefficient (Wildman–Crippen LogP) is 3.75. The van der Waals surface area contributed by atoms with E-state index in [1.165, 1.54) is 17.7 Å². The standard InChI is InChI=1S/C20H19FN4O2/c1-12-4-9-17(21)16(10-12)19-11-18(24-25(19)3)20(27)23-15-7-5-14(6-8-15)22-13(2)26/h4-11H,1-3H3,(H,22,26)(H,23,27). The van der Waals surface area contributed by atoms with Gasteiger partial charge in [0.1, 0.15) is 5.82 Å². The van der Waals surface area contributed by atoms with Crippen molar-refractivity contribution in [1.29, 1.82) is 0 Å². The lowest BCUT2D eigenvalue weighted by Crippen LogP contribution is -2.13. The molecule has 0 bridgehead atoms. The van der Waals surface area contributed by atoms with Crippen molar-refractivity contribution in [2.75, 3.05) is 10.6 Å². The first kappa shape index (κ1) is 18.3. The lowest BCUT2D eigenvalue weighted by atomic mass is 10.1. The van der Waals surface area contributed by atoms with Crippen molar-refractivity contribution in [3.63, 3.8) is 0 Å². The van der Waals surface area contributed by atoms with E-state index in [9.17, 15) is 14.0 Å². The van der Waals surface area contributed by atoms with Crippen LogP contribution in [-0.4, -0.2) is 21.6 Å². The van der Waals surface area contributed by atoms with Crippen LogP contribution in [-0.2, 0) is 11.8 Å². The topological polar surface area (TPSA) is 76.0 Å². The molecular formula is C20H19FN4O2. The molecule has 0 fully saturated rings. The van der Waals surface area contributed by atoms with Crippen molar-refractivity contribution < 1.29 is 14.0 Å². The first-order valence-electron chi connectivity index (χ1n) is 8.33. The van der Waals surface area contributed by atoms with Crippen LogP contribution < -0.4 is 10.6 Å². The molecule has 0 aliphatic rings. The normalized spacial score (nSPS) is 10.5. The average Bonchev–Trinajstić information content (AvgIpc) is 3.00. The number of carbonyl (C=O) groups is 2. The molecule has 0 unspecified atom stereocenters. The molecule has 3 aromatic rings. The minimum Gasteiger partial charge on any atom is -0.326 e. The van der Waals surface area contributed by atoms with Crippen LogP contribution in [0, 0.1) is 12.7 Å². The number of nitrogens with one attached hydrogen (secondary N) is 2. The molecule has 2 N–H and O–H groups in total. The van der Waals surface area contributed by atoms with Gasteiger partial charge in [-0.05, 0) is 49.4 Å². The first-order valence-corrected chi connectivity index (χ1v) is 8.33. The molecule has 0 radical (unpaired) electrons. The predicted molar refractivity (Wildman–Crippen MR) is 102 cm³/mol. The number of aromatic nitrogens is 2. The first-order chi connectivity index (χ1) is 12.8. The van der Waals surface area contributed by atoms with Crippen LogP contribution in [0.4, 0.5) is 15.8 Å². The summed E-state index contributed by atoms with van der Waals surface area (Å²) in [4.78, 5) is 23.5. The molecule has 0 atom stereocenters. The Labute approximate surface area is 156 Å². The van der Waals surface area contributed by atoms with Crippen LogP contribution in [0.15, 0.2) is 48.5 Å². The molecule has 0 spiro atoms. The smallest absolute Gasteiger partial charge is 0.276 e. The van der Waals surface area contributed by atoms with Crippen molar-refractivity contribution in [2.24, 2.45) is 7.05 Å². The lowest BCUT2D eigenvalue weighted by molar-refractivity contribution is -0.114. The van der Waals surface area contributed by atoms with Gasteiger partial charge >= 0.3 is 0 Å². The summed E-state index contributed by atoms with van der Waals surface area (Å²) >= 11 is 0. The fourth-order valence-corrected chi connectivity index (χ4v) is 2.70. The largest absolute Gasteiger partial charge is 0.326 e. The fourth-order valence-electron chi connectivity index (χ4n) is 2.70. The van der Waals surface area contributed by atoms with Crippen molar-refractivity contribution in [3.05, 3.63) is 65.6 Å². The molecule has 2 amide bonds. The summed E-state index contributed by atoms with van der Waals surface area (Å²) < 4.78 is 15.6. The zero-order valence-electron chi connectivity index (χ0n) is 15.2. The van der Waals surface area contributed by atoms with E-state index in [-0.39, 0.29) is 17.4 Å². The van der Waals surface area contributed by atoms with Crippen LogP contribution in [0.3, 0.4) is 0 Å². The number of benzene rings is 2. The summed E-state index contributed by atoms with van der Waals surface area (Å²) in [7, 11) is 1.66. The maximum absolute atomic E-state index is 14.1. The van der Waals surface area contributed by atoms with E-state index < -0.39 is 5.91 Å². The maximum Gasteiger partial charge on any atom is 0.276 e. The Bertz CT molecular complexity index is 1010. The maximum atomic E-state index is 14.1. The van der Waals surface area contributed by atoms with Crippen molar-refractivity contribution >= 4 is 23.2 Å². The van der Waals surface area contributed by atoms with Crippen LogP contribution in [0.1, 0.15) is 23.0 Å². The van der Waals surface area contributed by atoms with Crippen molar-refractivity contribution in [2.45, 2.75) is 13.8 Å². The third-order valence-electron chi connectivity index (χ3n) is 3.97. The van der Waals surface area contributed by atoms with Crippen LogP contribution in [0.2, 0.25) is 0 Å². The van der Waals surface area contributed by atoms with E-state index in [2.05, 4.69) is 15.7 Å². The summed E-state index contributed by atoms with van der Waals surface area (Å²) in [5, 5.41) is 9.58. The minimum atomic E-state index is -0.405. The van der Waals surface area contributed by atoms with Gasteiger partial charge in [-0.25, -0.2) is 4.39 Å². The van der Waals surface area contributed by atoms with Crippen LogP contribution in [0.25, 0.3) is 11.3 Å². The summed E-state index contributed by atoms with van der Waals surface area (Å²) in [5.74, 6) is -0.947. The van der Waals surface area contributed by atoms with E-state index in [1.807, 2.05) is 6.92 Å². The third-order valence-corrected chi connectivity index (χ3v) is 3.97. The molecule has 2 aromatic carbocycles. The van der Waals surface area contributed by atoms with Crippen LogP contribution >= 0.6 is 0 Å². The molecule has 27 heavy (non-hydrogen) atoms. The highest BCUT2D eigenvalue weighted by Crippen LogP contribution is 2.25. The number of rotatable bonds is 4. The highest BCUT2D eigenvalue weighted by molar-refractivity contribution is 6.03. The van der Waals surface area contributed by atoms with Gasteiger partial charge in [-0.1, -0.05) is 11.6 Å². The SMILES string of the molecule is CC(=O)Nc1ccc(NC(=O)c2cc(-c3cc(C)ccc3F)n(C)n2)cc1. The Kier molecular flexibility index (Phi) is 5.03. The second-order valence-corrected chi connectivity index (χ2v) is 6.23. The van der Waals surface area contributed by atoms with Crippen LogP contribution in [0.5, 0.6) is 0 Å². The molecule has 0 aliphatic heterocycles. The average molecular weight is 366 g/mol. The number of nitrogens with zero attached hydrogens (tertiary/aromatic N) is 2. The van der Waals surface area contributed by atoms with Gasteiger partial charge in [0.15, 0.2) is 5.69 Å². The fraction of sp³-hybridized carbons (Fsp3) is 0.150. The van der Waals surface area contributed by atoms with Gasteiger partial charge in [0.05, 0.1) is 5.69 Å². The summed E-state index contributed by atoms with van der Waals surface area (Å²) in [6.07, 6.45) is 0. The molecule has 1 aromatic heterocycles. The molecule has 7 heteroatoms. The van der Waals surface area contributed by atoms with Gasteiger partial charge in [-0.2, -0.15) is 5.10 Å². The highest BCUT2D eigenvalue weighted by Gasteiger charge is 2.16. The lowest BCUT2D eigenvalue weighted by Gasteiger charge is -2.05. The second kappa shape index (κ2) is 7.41. The molecule has 0 aliphatic carbocycles. The minimum absolute atomic E-state index is 0.170. The monoisotopic (exact) mass is 366 g/mol. The number of carbonyl (C=O) groups excluding carboxylic acids is 2. The molecule has 0 saturated carbocycles. The highest BCUT2D eigenvalue weighted by atomic mass is 19.1. The molecule has 138 valence electrons. The van der Waals surface area contributed by atoms with Crippen molar-refractivity contribution in [3.8, 4) is 11.3 Å². The van der Waals surface area contributed by atoms with Gasteiger partial charge in [0.2, 0.25) is 5.91 Å². The molecule has 3 rings (SSSR count). The summed E-state index contributed by atoms with van der Waals surface area (Å²) in [6, 6.07) is 13.1. The van der Waals surface area contributed by atoms with Gasteiger partial charge in [0, 0.05) is 30.9 Å². The Morgan fingerprint density at radius 1 is 1.00 bits per heavy atom. The van der Waals surface area contributed by atoms with Crippen molar-refractivity contribution in [1.82, 2.24) is 9.78 Å². The van der Waals surface area contributed by atoms with E-state index >= 15 is 0 Å². The number of anilines is 2. The molecular weight excluding hydrogens is 347 g/mol. The number of hydrogen-bond donors (Lipinski definition) is 2. The number of halogens is 1. The Hall–Kier alpha value is -3.48. The summed E-state index contributed by atoms with van der Waals surface area (Å²) in [6.45, 7) is 3.29. The molecule has 1 heterocycles. The van der Waals surface area contributed by atoms with E-state index in [1.54, 1.807) is 49.5 Å². The van der Waals surface area contributed by atoms with E-state index in [4.69, 9.17) is 0 Å². The number of aryl methyl sites for hydroxylation is 2. The molecule has 6 nitrogen and oxygen atoms in total.